The summed E-state index contributed by atoms with van der Waals surface area (Å²) in [4.78, 5) is 52.1. The molecule has 1 heterocycles. The SMILES string of the molecule is Cc1ccc(C(CC(=O)O)NC(=O)c2ccc(N3CCN(C(=O)c4ccccc4)CC3)c([N+](=O)[O-])c2)cc1. The van der Waals surface area contributed by atoms with Gasteiger partial charge in [0.1, 0.15) is 5.69 Å². The first kappa shape index (κ1) is 26.3. The summed E-state index contributed by atoms with van der Waals surface area (Å²) in [6.45, 7) is 3.51. The number of hydrogen-bond donors (Lipinski definition) is 2. The minimum atomic E-state index is -1.08. The summed E-state index contributed by atoms with van der Waals surface area (Å²) in [5, 5.41) is 23.9. The van der Waals surface area contributed by atoms with Gasteiger partial charge in [0.15, 0.2) is 0 Å². The zero-order valence-electron chi connectivity index (χ0n) is 20.9. The normalized spacial score (nSPS) is 14.0. The maximum absolute atomic E-state index is 13.0. The van der Waals surface area contributed by atoms with Crippen LogP contribution in [0.4, 0.5) is 11.4 Å². The number of hydrogen-bond acceptors (Lipinski definition) is 6. The molecule has 0 radical (unpaired) electrons. The average molecular weight is 517 g/mol. The number of nitrogens with one attached hydrogen (secondary N) is 1. The zero-order chi connectivity index (χ0) is 27.2. The van der Waals surface area contributed by atoms with E-state index in [1.165, 1.54) is 18.2 Å². The van der Waals surface area contributed by atoms with Gasteiger partial charge in [-0.1, -0.05) is 48.0 Å². The molecule has 10 heteroatoms. The molecule has 1 aliphatic rings. The van der Waals surface area contributed by atoms with E-state index in [-0.39, 0.29) is 23.6 Å². The quantitative estimate of drug-likeness (QED) is 0.344. The van der Waals surface area contributed by atoms with Crippen LogP contribution < -0.4 is 10.2 Å². The topological polar surface area (TPSA) is 133 Å². The molecule has 3 aromatic rings. The number of rotatable bonds is 8. The molecule has 0 saturated carbocycles. The van der Waals surface area contributed by atoms with Crippen molar-refractivity contribution in [3.8, 4) is 0 Å². The van der Waals surface area contributed by atoms with Crippen LogP contribution in [0, 0.1) is 17.0 Å². The van der Waals surface area contributed by atoms with Crippen LogP contribution in [-0.2, 0) is 4.79 Å². The van der Waals surface area contributed by atoms with E-state index < -0.39 is 22.8 Å². The first-order chi connectivity index (χ1) is 18.2. The van der Waals surface area contributed by atoms with Gasteiger partial charge in [0.2, 0.25) is 0 Å². The summed E-state index contributed by atoms with van der Waals surface area (Å²) in [5.41, 5.74) is 2.39. The lowest BCUT2D eigenvalue weighted by atomic mass is 10.0. The highest BCUT2D eigenvalue weighted by atomic mass is 16.6. The third-order valence-corrected chi connectivity index (χ3v) is 6.53. The Hall–Kier alpha value is -4.73. The predicted molar refractivity (Wildman–Crippen MR) is 141 cm³/mol. The van der Waals surface area contributed by atoms with Gasteiger partial charge in [-0.3, -0.25) is 24.5 Å². The molecule has 38 heavy (non-hydrogen) atoms. The molecule has 1 fully saturated rings. The molecule has 2 N–H and O–H groups in total. The van der Waals surface area contributed by atoms with Gasteiger partial charge in [0.05, 0.1) is 17.4 Å². The van der Waals surface area contributed by atoms with Crippen LogP contribution in [0.2, 0.25) is 0 Å². The van der Waals surface area contributed by atoms with E-state index in [0.29, 0.717) is 43.0 Å². The summed E-state index contributed by atoms with van der Waals surface area (Å²) in [6, 6.07) is 19.5. The first-order valence-corrected chi connectivity index (χ1v) is 12.2. The standard InChI is InChI=1S/C28H28N4O6/c1-19-7-9-20(10-8-19)23(18-26(33)34)29-27(35)22-11-12-24(25(17-22)32(37)38)30-13-15-31(16-14-30)28(36)21-5-3-2-4-6-21/h2-12,17,23H,13-16,18H2,1H3,(H,29,35)(H,33,34). The third kappa shape index (κ3) is 6.15. The molecule has 10 nitrogen and oxygen atoms in total. The van der Waals surface area contributed by atoms with Crippen molar-refractivity contribution >= 4 is 29.2 Å². The molecule has 4 rings (SSSR count). The second kappa shape index (κ2) is 11.5. The third-order valence-electron chi connectivity index (χ3n) is 6.53. The van der Waals surface area contributed by atoms with E-state index in [1.807, 2.05) is 30.0 Å². The minimum absolute atomic E-state index is 0.0563. The Morgan fingerprint density at radius 3 is 2.21 bits per heavy atom. The van der Waals surface area contributed by atoms with Crippen LogP contribution in [-0.4, -0.2) is 58.9 Å². The van der Waals surface area contributed by atoms with Crippen molar-refractivity contribution in [3.05, 3.63) is 105 Å². The van der Waals surface area contributed by atoms with E-state index in [4.69, 9.17) is 0 Å². The Morgan fingerprint density at radius 2 is 1.61 bits per heavy atom. The van der Waals surface area contributed by atoms with Crippen molar-refractivity contribution in [2.24, 2.45) is 0 Å². The van der Waals surface area contributed by atoms with E-state index in [1.54, 1.807) is 41.3 Å². The summed E-state index contributed by atoms with van der Waals surface area (Å²) in [7, 11) is 0. The Balaban J connectivity index is 1.49. The van der Waals surface area contributed by atoms with Crippen LogP contribution >= 0.6 is 0 Å². The van der Waals surface area contributed by atoms with Gasteiger partial charge in [-0.25, -0.2) is 0 Å². The molecular formula is C28H28N4O6. The molecule has 0 aromatic heterocycles. The number of carboxylic acid groups (broad SMARTS) is 1. The maximum atomic E-state index is 13.0. The fourth-order valence-electron chi connectivity index (χ4n) is 4.46. The number of aliphatic carboxylic acids is 1. The van der Waals surface area contributed by atoms with Gasteiger partial charge in [-0.2, -0.15) is 0 Å². The van der Waals surface area contributed by atoms with Crippen molar-refractivity contribution in [3.63, 3.8) is 0 Å². The molecule has 2 amide bonds. The summed E-state index contributed by atoms with van der Waals surface area (Å²) in [6.07, 6.45) is -0.332. The van der Waals surface area contributed by atoms with Crippen LogP contribution in [0.3, 0.4) is 0 Å². The fraction of sp³-hybridized carbons (Fsp3) is 0.250. The number of carbonyl (C=O) groups excluding carboxylic acids is 2. The number of benzene rings is 3. The number of aryl methyl sites for hydroxylation is 1. The monoisotopic (exact) mass is 516 g/mol. The van der Waals surface area contributed by atoms with Gasteiger partial charge in [0.25, 0.3) is 17.5 Å². The largest absolute Gasteiger partial charge is 0.481 e. The van der Waals surface area contributed by atoms with Crippen molar-refractivity contribution in [1.29, 1.82) is 0 Å². The van der Waals surface area contributed by atoms with Crippen LogP contribution in [0.15, 0.2) is 72.8 Å². The van der Waals surface area contributed by atoms with Gasteiger partial charge < -0.3 is 20.2 Å². The number of nitrogens with zero attached hydrogens (tertiary/aromatic N) is 3. The highest BCUT2D eigenvalue weighted by Gasteiger charge is 2.28. The fourth-order valence-corrected chi connectivity index (χ4v) is 4.46. The number of nitro benzene ring substituents is 1. The highest BCUT2D eigenvalue weighted by molar-refractivity contribution is 5.96. The number of carbonyl (C=O) groups is 3. The highest BCUT2D eigenvalue weighted by Crippen LogP contribution is 2.31. The van der Waals surface area contributed by atoms with Crippen molar-refractivity contribution in [2.75, 3.05) is 31.1 Å². The molecule has 1 saturated heterocycles. The summed E-state index contributed by atoms with van der Waals surface area (Å²) < 4.78 is 0. The molecule has 3 aromatic carbocycles. The Labute approximate surface area is 219 Å². The summed E-state index contributed by atoms with van der Waals surface area (Å²) >= 11 is 0. The molecule has 1 atom stereocenters. The second-order valence-corrected chi connectivity index (χ2v) is 9.14. The molecular weight excluding hydrogens is 488 g/mol. The van der Waals surface area contributed by atoms with Gasteiger partial charge in [0, 0.05) is 43.4 Å². The smallest absolute Gasteiger partial charge is 0.305 e. The number of nitro groups is 1. The number of anilines is 1. The van der Waals surface area contributed by atoms with Crippen molar-refractivity contribution in [1.82, 2.24) is 10.2 Å². The van der Waals surface area contributed by atoms with E-state index in [2.05, 4.69) is 5.32 Å². The number of piperazine rings is 1. The maximum Gasteiger partial charge on any atom is 0.305 e. The van der Waals surface area contributed by atoms with E-state index >= 15 is 0 Å². The van der Waals surface area contributed by atoms with E-state index in [0.717, 1.165) is 5.56 Å². The second-order valence-electron chi connectivity index (χ2n) is 9.14. The van der Waals surface area contributed by atoms with Crippen LogP contribution in [0.25, 0.3) is 0 Å². The first-order valence-electron chi connectivity index (χ1n) is 12.2. The van der Waals surface area contributed by atoms with Crippen LogP contribution in [0.5, 0.6) is 0 Å². The van der Waals surface area contributed by atoms with Crippen molar-refractivity contribution in [2.45, 2.75) is 19.4 Å². The Morgan fingerprint density at radius 1 is 0.947 bits per heavy atom. The van der Waals surface area contributed by atoms with Gasteiger partial charge >= 0.3 is 5.97 Å². The van der Waals surface area contributed by atoms with Gasteiger partial charge in [-0.15, -0.1) is 0 Å². The number of amides is 2. The van der Waals surface area contributed by atoms with E-state index in [9.17, 15) is 29.6 Å². The van der Waals surface area contributed by atoms with Crippen LogP contribution in [0.1, 0.15) is 44.3 Å². The minimum Gasteiger partial charge on any atom is -0.481 e. The summed E-state index contributed by atoms with van der Waals surface area (Å²) in [5.74, 6) is -1.77. The number of carboxylic acids is 1. The molecule has 0 aliphatic carbocycles. The zero-order valence-corrected chi connectivity index (χ0v) is 20.9. The molecule has 0 bridgehead atoms. The molecule has 1 unspecified atom stereocenters. The Kier molecular flexibility index (Phi) is 8.00. The lowest BCUT2D eigenvalue weighted by molar-refractivity contribution is -0.384. The average Bonchev–Trinajstić information content (AvgIpc) is 2.92. The lowest BCUT2D eigenvalue weighted by Gasteiger charge is -2.36. The lowest BCUT2D eigenvalue weighted by Crippen LogP contribution is -2.49. The predicted octanol–water partition coefficient (Wildman–Crippen LogP) is 3.81. The van der Waals surface area contributed by atoms with Gasteiger partial charge in [-0.05, 0) is 36.8 Å². The Bertz CT molecular complexity index is 1340. The molecule has 196 valence electrons. The molecule has 1 aliphatic heterocycles. The molecule has 0 spiro atoms. The van der Waals surface area contributed by atoms with Crippen molar-refractivity contribution < 1.29 is 24.4 Å².